The molecule has 6 heteroatoms. The number of carbonyl (C=O) groups is 2. The molecule has 142 valence electrons. The van der Waals surface area contributed by atoms with E-state index < -0.39 is 6.10 Å². The Labute approximate surface area is 163 Å². The maximum atomic E-state index is 13.4. The maximum Gasteiger partial charge on any atom is 0.265 e. The summed E-state index contributed by atoms with van der Waals surface area (Å²) < 4.78 is 7.81. The molecule has 2 aromatic carbocycles. The lowest BCUT2D eigenvalue weighted by Crippen LogP contribution is -2.50. The Balaban J connectivity index is 1.70. The lowest BCUT2D eigenvalue weighted by Gasteiger charge is -2.35. The second-order valence-corrected chi connectivity index (χ2v) is 6.86. The number of amides is 2. The molecule has 1 aromatic heterocycles. The molecule has 1 atom stereocenters. The predicted molar refractivity (Wildman–Crippen MR) is 107 cm³/mol. The molecule has 2 amide bonds. The Morgan fingerprint density at radius 3 is 2.50 bits per heavy atom. The van der Waals surface area contributed by atoms with Crippen molar-refractivity contribution in [2.45, 2.75) is 6.10 Å². The first-order valence-corrected chi connectivity index (χ1v) is 9.07. The second kappa shape index (κ2) is 7.23. The number of carbonyl (C=O) groups excluding carboxylic acids is 2. The normalized spacial score (nSPS) is 15.5. The summed E-state index contributed by atoms with van der Waals surface area (Å²) in [5, 5.41) is 0. The van der Waals surface area contributed by atoms with Gasteiger partial charge in [0.1, 0.15) is 5.75 Å². The molecule has 0 spiro atoms. The molecular formula is C22H21N3O3. The number of aromatic nitrogens is 1. The van der Waals surface area contributed by atoms with E-state index in [-0.39, 0.29) is 18.4 Å². The minimum Gasteiger partial charge on any atom is -0.476 e. The number of hydrogen-bond donors (Lipinski definition) is 0. The van der Waals surface area contributed by atoms with Crippen LogP contribution in [-0.2, 0) is 4.79 Å². The first-order chi connectivity index (χ1) is 13.5. The van der Waals surface area contributed by atoms with Gasteiger partial charge in [-0.1, -0.05) is 18.2 Å². The van der Waals surface area contributed by atoms with Gasteiger partial charge in [0.15, 0.2) is 6.10 Å². The van der Waals surface area contributed by atoms with E-state index in [0.29, 0.717) is 17.0 Å². The fourth-order valence-corrected chi connectivity index (χ4v) is 3.31. The summed E-state index contributed by atoms with van der Waals surface area (Å²) >= 11 is 0. The number of fused-ring (bicyclic) bond motifs is 1. The minimum atomic E-state index is -0.735. The fraction of sp³-hybridized carbons (Fsp3) is 0.182. The predicted octanol–water partition coefficient (Wildman–Crippen LogP) is 2.97. The highest BCUT2D eigenvalue weighted by atomic mass is 16.5. The van der Waals surface area contributed by atoms with Crippen LogP contribution in [0.4, 0.5) is 5.69 Å². The third-order valence-electron chi connectivity index (χ3n) is 4.73. The molecule has 6 nitrogen and oxygen atoms in total. The molecule has 1 unspecified atom stereocenters. The molecule has 4 rings (SSSR count). The van der Waals surface area contributed by atoms with Gasteiger partial charge in [0.25, 0.3) is 11.8 Å². The van der Waals surface area contributed by atoms with Crippen LogP contribution < -0.4 is 9.64 Å². The Morgan fingerprint density at radius 2 is 1.75 bits per heavy atom. The van der Waals surface area contributed by atoms with Crippen molar-refractivity contribution in [2.24, 2.45) is 0 Å². The highest BCUT2D eigenvalue weighted by Crippen LogP contribution is 2.34. The van der Waals surface area contributed by atoms with Crippen molar-refractivity contribution < 1.29 is 14.3 Å². The molecule has 28 heavy (non-hydrogen) atoms. The van der Waals surface area contributed by atoms with Gasteiger partial charge in [-0.25, -0.2) is 0 Å². The van der Waals surface area contributed by atoms with Crippen molar-refractivity contribution in [3.8, 4) is 11.4 Å². The van der Waals surface area contributed by atoms with Gasteiger partial charge in [0, 0.05) is 37.7 Å². The topological polar surface area (TPSA) is 54.8 Å². The second-order valence-electron chi connectivity index (χ2n) is 6.86. The quantitative estimate of drug-likeness (QED) is 0.707. The Hall–Kier alpha value is -3.54. The van der Waals surface area contributed by atoms with E-state index in [2.05, 4.69) is 0 Å². The SMILES string of the molecule is CN(C)C(=O)C1CN(C(=O)c2cccc(-n3cccc3)c2)c2ccccc2O1. The van der Waals surface area contributed by atoms with Crippen molar-refractivity contribution in [1.29, 1.82) is 0 Å². The van der Waals surface area contributed by atoms with Crippen molar-refractivity contribution in [3.63, 3.8) is 0 Å². The minimum absolute atomic E-state index is 0.165. The number of benzene rings is 2. The van der Waals surface area contributed by atoms with Crippen molar-refractivity contribution in [1.82, 2.24) is 9.47 Å². The molecule has 2 heterocycles. The summed E-state index contributed by atoms with van der Waals surface area (Å²) in [4.78, 5) is 28.9. The van der Waals surface area contributed by atoms with Gasteiger partial charge in [-0.2, -0.15) is 0 Å². The van der Waals surface area contributed by atoms with E-state index >= 15 is 0 Å². The van der Waals surface area contributed by atoms with E-state index in [1.165, 1.54) is 4.90 Å². The zero-order valence-corrected chi connectivity index (χ0v) is 15.8. The van der Waals surface area contributed by atoms with Crippen molar-refractivity contribution in [3.05, 3.63) is 78.6 Å². The van der Waals surface area contributed by atoms with Crippen LogP contribution in [0.25, 0.3) is 5.69 Å². The van der Waals surface area contributed by atoms with E-state index in [1.54, 1.807) is 31.1 Å². The zero-order valence-electron chi connectivity index (χ0n) is 15.8. The first-order valence-electron chi connectivity index (χ1n) is 9.07. The van der Waals surface area contributed by atoms with Gasteiger partial charge in [-0.05, 0) is 42.5 Å². The van der Waals surface area contributed by atoms with Crippen LogP contribution in [0.2, 0.25) is 0 Å². The van der Waals surface area contributed by atoms with Crippen LogP contribution in [0.5, 0.6) is 5.75 Å². The largest absolute Gasteiger partial charge is 0.476 e. The van der Waals surface area contributed by atoms with E-state index in [1.807, 2.05) is 65.5 Å². The molecule has 0 N–H and O–H groups in total. The lowest BCUT2D eigenvalue weighted by atomic mass is 10.1. The van der Waals surface area contributed by atoms with Gasteiger partial charge < -0.3 is 19.1 Å². The molecule has 0 saturated carbocycles. The summed E-state index contributed by atoms with van der Waals surface area (Å²) in [6.07, 6.45) is 3.13. The highest BCUT2D eigenvalue weighted by molar-refractivity contribution is 6.08. The van der Waals surface area contributed by atoms with E-state index in [9.17, 15) is 9.59 Å². The summed E-state index contributed by atoms with van der Waals surface area (Å²) in [7, 11) is 3.36. The molecule has 0 radical (unpaired) electrons. The Bertz CT molecular complexity index is 1010. The van der Waals surface area contributed by atoms with Crippen LogP contribution in [0.3, 0.4) is 0 Å². The molecule has 0 fully saturated rings. The number of ether oxygens (including phenoxy) is 1. The third-order valence-corrected chi connectivity index (χ3v) is 4.73. The van der Waals surface area contributed by atoms with Crippen LogP contribution in [0.15, 0.2) is 73.1 Å². The van der Waals surface area contributed by atoms with Gasteiger partial charge in [-0.15, -0.1) is 0 Å². The van der Waals surface area contributed by atoms with Crippen LogP contribution >= 0.6 is 0 Å². The summed E-state index contributed by atoms with van der Waals surface area (Å²) in [5.41, 5.74) is 2.12. The smallest absolute Gasteiger partial charge is 0.265 e. The van der Waals surface area contributed by atoms with Crippen LogP contribution in [-0.4, -0.2) is 48.0 Å². The number of anilines is 1. The average Bonchev–Trinajstić information content (AvgIpc) is 3.27. The van der Waals surface area contributed by atoms with Crippen LogP contribution in [0.1, 0.15) is 10.4 Å². The van der Waals surface area contributed by atoms with Crippen molar-refractivity contribution in [2.75, 3.05) is 25.5 Å². The summed E-state index contributed by atoms with van der Waals surface area (Å²) in [6.45, 7) is 0.167. The van der Waals surface area contributed by atoms with Gasteiger partial charge >= 0.3 is 0 Å². The molecule has 3 aromatic rings. The number of nitrogens with zero attached hydrogens (tertiary/aromatic N) is 3. The number of rotatable bonds is 3. The highest BCUT2D eigenvalue weighted by Gasteiger charge is 2.34. The lowest BCUT2D eigenvalue weighted by molar-refractivity contribution is -0.135. The molecule has 0 saturated heterocycles. The van der Waals surface area contributed by atoms with E-state index in [4.69, 9.17) is 4.74 Å². The molecule has 1 aliphatic heterocycles. The first kappa shape index (κ1) is 17.9. The zero-order chi connectivity index (χ0) is 19.7. The van der Waals surface area contributed by atoms with Gasteiger partial charge in [0.05, 0.1) is 12.2 Å². The van der Waals surface area contributed by atoms with Gasteiger partial charge in [-0.3, -0.25) is 9.59 Å². The number of hydrogen-bond acceptors (Lipinski definition) is 3. The Morgan fingerprint density at radius 1 is 1.00 bits per heavy atom. The monoisotopic (exact) mass is 375 g/mol. The number of likely N-dealkylation sites (N-methyl/N-ethyl adjacent to an activating group) is 1. The third kappa shape index (κ3) is 3.24. The maximum absolute atomic E-state index is 13.4. The van der Waals surface area contributed by atoms with Crippen molar-refractivity contribution >= 4 is 17.5 Å². The standard InChI is InChI=1S/C22H21N3O3/c1-23(2)22(27)20-15-25(18-10-3-4-11-19(18)28-20)21(26)16-8-7-9-17(14-16)24-12-5-6-13-24/h3-14,20H,15H2,1-2H3. The molecule has 0 aliphatic carbocycles. The number of para-hydroxylation sites is 2. The molecular weight excluding hydrogens is 354 g/mol. The van der Waals surface area contributed by atoms with Crippen LogP contribution in [0, 0.1) is 0 Å². The average molecular weight is 375 g/mol. The summed E-state index contributed by atoms with van der Waals surface area (Å²) in [6, 6.07) is 18.6. The fourth-order valence-electron chi connectivity index (χ4n) is 3.31. The summed E-state index contributed by atoms with van der Waals surface area (Å²) in [5.74, 6) is 0.193. The van der Waals surface area contributed by atoms with Gasteiger partial charge in [0.2, 0.25) is 0 Å². The molecule has 0 bridgehead atoms. The Kier molecular flexibility index (Phi) is 4.61. The van der Waals surface area contributed by atoms with E-state index in [0.717, 1.165) is 5.69 Å². The molecule has 1 aliphatic rings.